The van der Waals surface area contributed by atoms with E-state index in [9.17, 15) is 0 Å². The standard InChI is InChI=1S/C17H12BrN3OS/c18-13-5-3-4-11(8-13)16-20-21-17(22-16)23-10-12-9-19-15-7-2-1-6-14(12)15/h1-9,19H,10H2. The number of para-hydroxylation sites is 1. The molecule has 0 fully saturated rings. The van der Waals surface area contributed by atoms with Crippen molar-refractivity contribution in [2.24, 2.45) is 0 Å². The van der Waals surface area contributed by atoms with Gasteiger partial charge in [-0.15, -0.1) is 10.2 Å². The van der Waals surface area contributed by atoms with Crippen LogP contribution in [-0.4, -0.2) is 15.2 Å². The summed E-state index contributed by atoms with van der Waals surface area (Å²) in [6.07, 6.45) is 2.03. The van der Waals surface area contributed by atoms with Gasteiger partial charge in [-0.2, -0.15) is 0 Å². The predicted octanol–water partition coefficient (Wildman–Crippen LogP) is 5.27. The van der Waals surface area contributed by atoms with Crippen LogP contribution in [0, 0.1) is 0 Å². The second kappa shape index (κ2) is 6.22. The van der Waals surface area contributed by atoms with E-state index >= 15 is 0 Å². The van der Waals surface area contributed by atoms with E-state index in [1.165, 1.54) is 10.9 Å². The van der Waals surface area contributed by atoms with Crippen molar-refractivity contribution in [3.05, 3.63) is 64.8 Å². The molecule has 0 aliphatic rings. The van der Waals surface area contributed by atoms with Gasteiger partial charge in [0.1, 0.15) is 0 Å². The Morgan fingerprint density at radius 1 is 1.09 bits per heavy atom. The maximum Gasteiger partial charge on any atom is 0.277 e. The summed E-state index contributed by atoms with van der Waals surface area (Å²) in [4.78, 5) is 3.28. The molecule has 0 unspecified atom stereocenters. The van der Waals surface area contributed by atoms with E-state index in [2.05, 4.69) is 43.2 Å². The van der Waals surface area contributed by atoms with E-state index in [0.29, 0.717) is 11.1 Å². The molecule has 1 N–H and O–H groups in total. The van der Waals surface area contributed by atoms with Crippen molar-refractivity contribution in [3.8, 4) is 11.5 Å². The Hall–Kier alpha value is -2.05. The van der Waals surface area contributed by atoms with Crippen molar-refractivity contribution in [3.63, 3.8) is 0 Å². The Balaban J connectivity index is 1.52. The van der Waals surface area contributed by atoms with Gasteiger partial charge in [-0.05, 0) is 29.8 Å². The molecule has 2 aromatic carbocycles. The molecule has 4 nitrogen and oxygen atoms in total. The highest BCUT2D eigenvalue weighted by atomic mass is 79.9. The number of hydrogen-bond donors (Lipinski definition) is 1. The summed E-state index contributed by atoms with van der Waals surface area (Å²) in [5.41, 5.74) is 3.28. The third-order valence-corrected chi connectivity index (χ3v) is 4.86. The lowest BCUT2D eigenvalue weighted by Gasteiger charge is -1.97. The highest BCUT2D eigenvalue weighted by molar-refractivity contribution is 9.10. The smallest absolute Gasteiger partial charge is 0.277 e. The number of aromatic amines is 1. The lowest BCUT2D eigenvalue weighted by Crippen LogP contribution is -1.78. The number of fused-ring (bicyclic) bond motifs is 1. The average molecular weight is 386 g/mol. The van der Waals surface area contributed by atoms with E-state index in [4.69, 9.17) is 4.42 Å². The van der Waals surface area contributed by atoms with Crippen LogP contribution in [0.25, 0.3) is 22.4 Å². The van der Waals surface area contributed by atoms with Gasteiger partial charge in [0.25, 0.3) is 5.22 Å². The lowest BCUT2D eigenvalue weighted by molar-refractivity contribution is 0.466. The van der Waals surface area contributed by atoms with Gasteiger partial charge in [0.05, 0.1) is 0 Å². The minimum atomic E-state index is 0.535. The second-order valence-corrected chi connectivity index (χ2v) is 6.87. The van der Waals surface area contributed by atoms with Crippen LogP contribution in [-0.2, 0) is 5.75 Å². The number of thioether (sulfide) groups is 1. The summed E-state index contributed by atoms with van der Waals surface area (Å²) in [5, 5.41) is 10.0. The molecule has 0 bridgehead atoms. The molecule has 0 atom stereocenters. The summed E-state index contributed by atoms with van der Waals surface area (Å²) in [6, 6.07) is 16.1. The van der Waals surface area contributed by atoms with Gasteiger partial charge in [0, 0.05) is 32.9 Å². The molecule has 0 aliphatic heterocycles. The van der Waals surface area contributed by atoms with E-state index in [-0.39, 0.29) is 0 Å². The Labute approximate surface area is 145 Å². The van der Waals surface area contributed by atoms with Crippen LogP contribution >= 0.6 is 27.7 Å². The Morgan fingerprint density at radius 3 is 2.91 bits per heavy atom. The van der Waals surface area contributed by atoms with Crippen LogP contribution in [0.1, 0.15) is 5.56 Å². The van der Waals surface area contributed by atoms with Crippen LogP contribution < -0.4 is 0 Å². The highest BCUT2D eigenvalue weighted by Crippen LogP contribution is 2.29. The van der Waals surface area contributed by atoms with Crippen molar-refractivity contribution in [2.45, 2.75) is 11.0 Å². The first-order chi connectivity index (χ1) is 11.3. The Bertz CT molecular complexity index is 963. The van der Waals surface area contributed by atoms with Crippen molar-refractivity contribution in [1.82, 2.24) is 15.2 Å². The fourth-order valence-corrected chi connectivity index (χ4v) is 3.55. The molecule has 0 amide bonds. The number of halogens is 1. The maximum atomic E-state index is 5.74. The summed E-state index contributed by atoms with van der Waals surface area (Å²) >= 11 is 4.99. The van der Waals surface area contributed by atoms with Crippen LogP contribution in [0.5, 0.6) is 0 Å². The first kappa shape index (κ1) is 14.5. The molecule has 0 aliphatic carbocycles. The predicted molar refractivity (Wildman–Crippen MR) is 95.3 cm³/mol. The third kappa shape index (κ3) is 3.04. The molecule has 23 heavy (non-hydrogen) atoms. The number of H-pyrrole nitrogens is 1. The minimum absolute atomic E-state index is 0.535. The van der Waals surface area contributed by atoms with E-state index < -0.39 is 0 Å². The van der Waals surface area contributed by atoms with Crippen molar-refractivity contribution in [1.29, 1.82) is 0 Å². The van der Waals surface area contributed by atoms with Gasteiger partial charge in [0.15, 0.2) is 0 Å². The average Bonchev–Trinajstić information content (AvgIpc) is 3.20. The van der Waals surface area contributed by atoms with E-state index in [1.54, 1.807) is 11.8 Å². The molecule has 2 aromatic heterocycles. The zero-order chi connectivity index (χ0) is 15.6. The number of benzene rings is 2. The van der Waals surface area contributed by atoms with Gasteiger partial charge in [-0.3, -0.25) is 0 Å². The van der Waals surface area contributed by atoms with Crippen LogP contribution in [0.3, 0.4) is 0 Å². The lowest BCUT2D eigenvalue weighted by atomic mass is 10.2. The van der Waals surface area contributed by atoms with Gasteiger partial charge in [-0.25, -0.2) is 0 Å². The third-order valence-electron chi connectivity index (χ3n) is 3.50. The number of nitrogens with zero attached hydrogens (tertiary/aromatic N) is 2. The van der Waals surface area contributed by atoms with Gasteiger partial charge >= 0.3 is 0 Å². The summed E-state index contributed by atoms with van der Waals surface area (Å²) in [7, 11) is 0. The van der Waals surface area contributed by atoms with E-state index in [0.717, 1.165) is 21.3 Å². The largest absolute Gasteiger partial charge is 0.411 e. The normalized spacial score (nSPS) is 11.2. The number of nitrogens with one attached hydrogen (secondary N) is 1. The van der Waals surface area contributed by atoms with Crippen LogP contribution in [0.15, 0.2) is 68.8 Å². The highest BCUT2D eigenvalue weighted by Gasteiger charge is 2.11. The number of rotatable bonds is 4. The van der Waals surface area contributed by atoms with Gasteiger partial charge in [0.2, 0.25) is 5.89 Å². The maximum absolute atomic E-state index is 5.74. The summed E-state index contributed by atoms with van der Waals surface area (Å²) in [5.74, 6) is 1.32. The monoisotopic (exact) mass is 385 g/mol. The SMILES string of the molecule is Brc1cccc(-c2nnc(SCc3c[nH]c4ccccc34)o2)c1. The molecule has 4 aromatic rings. The minimum Gasteiger partial charge on any atom is -0.411 e. The van der Waals surface area contributed by atoms with Gasteiger partial charge in [-0.1, -0.05) is 52.0 Å². The van der Waals surface area contributed by atoms with Crippen LogP contribution in [0.2, 0.25) is 0 Å². The number of aromatic nitrogens is 3. The molecule has 2 heterocycles. The van der Waals surface area contributed by atoms with Crippen molar-refractivity contribution >= 4 is 38.6 Å². The molecule has 0 spiro atoms. The molecule has 4 rings (SSSR count). The van der Waals surface area contributed by atoms with E-state index in [1.807, 2.05) is 42.6 Å². The topological polar surface area (TPSA) is 54.7 Å². The zero-order valence-electron chi connectivity index (χ0n) is 12.0. The molecular formula is C17H12BrN3OS. The first-order valence-electron chi connectivity index (χ1n) is 7.07. The molecule has 114 valence electrons. The first-order valence-corrected chi connectivity index (χ1v) is 8.85. The van der Waals surface area contributed by atoms with Crippen molar-refractivity contribution in [2.75, 3.05) is 0 Å². The summed E-state index contributed by atoms with van der Waals surface area (Å²) in [6.45, 7) is 0. The Kier molecular flexibility index (Phi) is 3.93. The summed E-state index contributed by atoms with van der Waals surface area (Å²) < 4.78 is 6.73. The fourth-order valence-electron chi connectivity index (χ4n) is 2.40. The quantitative estimate of drug-likeness (QED) is 0.486. The van der Waals surface area contributed by atoms with Gasteiger partial charge < -0.3 is 9.40 Å². The fraction of sp³-hybridized carbons (Fsp3) is 0.0588. The van der Waals surface area contributed by atoms with Crippen LogP contribution in [0.4, 0.5) is 0 Å². The zero-order valence-corrected chi connectivity index (χ0v) is 14.4. The molecular weight excluding hydrogens is 374 g/mol. The molecule has 0 saturated heterocycles. The molecule has 6 heteroatoms. The second-order valence-electron chi connectivity index (χ2n) is 5.03. The Morgan fingerprint density at radius 2 is 2.00 bits per heavy atom. The number of hydrogen-bond acceptors (Lipinski definition) is 4. The molecule has 0 radical (unpaired) electrons. The molecule has 0 saturated carbocycles. The van der Waals surface area contributed by atoms with Crippen molar-refractivity contribution < 1.29 is 4.42 Å².